The molecule has 0 N–H and O–H groups in total. The lowest BCUT2D eigenvalue weighted by molar-refractivity contribution is 0.565. The van der Waals surface area contributed by atoms with E-state index in [1.54, 1.807) is 29.2 Å². The maximum Gasteiger partial charge on any atom is 0.240 e. The molecule has 0 atom stereocenters. The predicted molar refractivity (Wildman–Crippen MR) is 59.0 cm³/mol. The van der Waals surface area contributed by atoms with Gasteiger partial charge in [0.15, 0.2) is 0 Å². The van der Waals surface area contributed by atoms with Crippen LogP contribution in [0.2, 0.25) is 0 Å². The van der Waals surface area contributed by atoms with E-state index in [9.17, 15) is 4.79 Å². The highest BCUT2D eigenvalue weighted by atomic mass is 79.9. The summed E-state index contributed by atoms with van der Waals surface area (Å²) in [5.41, 5.74) is 1.29. The fourth-order valence-corrected chi connectivity index (χ4v) is 1.52. The highest BCUT2D eigenvalue weighted by Crippen LogP contribution is 2.22. The molecule has 0 saturated heterocycles. The molecule has 1 aromatic carbocycles. The number of halogens is 1. The number of aliphatic imine (C=N–C) groups is 1. The number of aromatic nitrogens is 2. The van der Waals surface area contributed by atoms with Gasteiger partial charge in [0, 0.05) is 6.20 Å². The van der Waals surface area contributed by atoms with Gasteiger partial charge in [-0.15, -0.1) is 0 Å². The summed E-state index contributed by atoms with van der Waals surface area (Å²) in [6.07, 6.45) is 4.98. The van der Waals surface area contributed by atoms with Crippen molar-refractivity contribution in [2.24, 2.45) is 4.99 Å². The molecule has 0 aliphatic heterocycles. The van der Waals surface area contributed by atoms with Gasteiger partial charge in [-0.1, -0.05) is 12.1 Å². The molecule has 1 aromatic heterocycles. The second-order valence-electron chi connectivity index (χ2n) is 2.79. The summed E-state index contributed by atoms with van der Waals surface area (Å²) in [6.45, 7) is 0. The Morgan fingerprint density at radius 3 is 2.87 bits per heavy atom. The van der Waals surface area contributed by atoms with Crippen molar-refractivity contribution in [3.05, 3.63) is 41.1 Å². The largest absolute Gasteiger partial charge is 0.240 e. The van der Waals surface area contributed by atoms with Crippen LogP contribution in [0.5, 0.6) is 0 Å². The zero-order valence-electron chi connectivity index (χ0n) is 7.59. The van der Waals surface area contributed by atoms with E-state index in [0.717, 1.165) is 10.2 Å². The first-order chi connectivity index (χ1) is 7.31. The molecule has 74 valence electrons. The maximum absolute atomic E-state index is 10.2. The molecule has 0 spiro atoms. The Bertz CT molecular complexity index is 529. The summed E-state index contributed by atoms with van der Waals surface area (Å²) in [6, 6.07) is 7.22. The van der Waals surface area contributed by atoms with E-state index in [1.807, 2.05) is 12.1 Å². The highest BCUT2D eigenvalue weighted by Gasteiger charge is 2.03. The van der Waals surface area contributed by atoms with Gasteiger partial charge in [-0.3, -0.25) is 0 Å². The van der Waals surface area contributed by atoms with Crippen LogP contribution in [-0.2, 0) is 4.79 Å². The standard InChI is InChI=1S/C10H6BrN3O/c11-8-5-13-14(6-8)10-4-2-1-3-9(10)12-7-15/h1-6H. The molecule has 0 unspecified atom stereocenters. The number of hydrogen-bond donors (Lipinski definition) is 0. The number of carbonyl (C=O) groups excluding carboxylic acids is 1. The van der Waals surface area contributed by atoms with Crippen molar-refractivity contribution in [1.82, 2.24) is 9.78 Å². The molecule has 0 aliphatic rings. The molecule has 2 rings (SSSR count). The molecule has 0 saturated carbocycles. The Labute approximate surface area is 94.4 Å². The van der Waals surface area contributed by atoms with Gasteiger partial charge >= 0.3 is 0 Å². The van der Waals surface area contributed by atoms with Crippen LogP contribution < -0.4 is 0 Å². The monoisotopic (exact) mass is 263 g/mol. The van der Waals surface area contributed by atoms with Gasteiger partial charge in [-0.05, 0) is 28.1 Å². The van der Waals surface area contributed by atoms with Crippen molar-refractivity contribution in [2.75, 3.05) is 0 Å². The van der Waals surface area contributed by atoms with Crippen molar-refractivity contribution in [2.45, 2.75) is 0 Å². The Morgan fingerprint density at radius 1 is 1.40 bits per heavy atom. The molecular weight excluding hydrogens is 258 g/mol. The van der Waals surface area contributed by atoms with Crippen LogP contribution >= 0.6 is 15.9 Å². The topological polar surface area (TPSA) is 47.2 Å². The summed E-state index contributed by atoms with van der Waals surface area (Å²) in [5.74, 6) is 0. The normalized spacial score (nSPS) is 9.67. The van der Waals surface area contributed by atoms with E-state index in [1.165, 1.54) is 6.08 Å². The van der Waals surface area contributed by atoms with Crippen molar-refractivity contribution < 1.29 is 4.79 Å². The average molecular weight is 264 g/mol. The van der Waals surface area contributed by atoms with Crippen LogP contribution in [0.4, 0.5) is 5.69 Å². The highest BCUT2D eigenvalue weighted by molar-refractivity contribution is 9.10. The molecule has 0 fully saturated rings. The van der Waals surface area contributed by atoms with Gasteiger partial charge < -0.3 is 0 Å². The number of rotatable bonds is 2. The Hall–Kier alpha value is -1.71. The number of para-hydroxylation sites is 2. The summed E-state index contributed by atoms with van der Waals surface area (Å²) in [7, 11) is 0. The smallest absolute Gasteiger partial charge is 0.238 e. The quantitative estimate of drug-likeness (QED) is 0.618. The van der Waals surface area contributed by atoms with Gasteiger partial charge in [-0.2, -0.15) is 10.1 Å². The van der Waals surface area contributed by atoms with E-state index in [-0.39, 0.29) is 0 Å². The third kappa shape index (κ3) is 2.03. The van der Waals surface area contributed by atoms with E-state index >= 15 is 0 Å². The first kappa shape index (κ1) is 9.83. The minimum Gasteiger partial charge on any atom is -0.238 e. The lowest BCUT2D eigenvalue weighted by Crippen LogP contribution is -1.93. The van der Waals surface area contributed by atoms with Crippen LogP contribution in [0.15, 0.2) is 46.1 Å². The molecular formula is C10H6BrN3O. The van der Waals surface area contributed by atoms with Gasteiger partial charge in [0.05, 0.1) is 16.4 Å². The third-order valence-corrected chi connectivity index (χ3v) is 2.26. The zero-order chi connectivity index (χ0) is 10.7. The van der Waals surface area contributed by atoms with Crippen LogP contribution in [0.25, 0.3) is 5.69 Å². The van der Waals surface area contributed by atoms with Gasteiger partial charge in [0.1, 0.15) is 5.69 Å². The Morgan fingerprint density at radius 2 is 2.20 bits per heavy atom. The van der Waals surface area contributed by atoms with E-state index in [0.29, 0.717) is 5.69 Å². The zero-order valence-corrected chi connectivity index (χ0v) is 9.18. The van der Waals surface area contributed by atoms with Crippen molar-refractivity contribution >= 4 is 27.7 Å². The molecule has 0 aliphatic carbocycles. The first-order valence-electron chi connectivity index (χ1n) is 4.19. The average Bonchev–Trinajstić information content (AvgIpc) is 2.66. The Kier molecular flexibility index (Phi) is 2.76. The molecule has 0 amide bonds. The van der Waals surface area contributed by atoms with E-state index in [4.69, 9.17) is 0 Å². The van der Waals surface area contributed by atoms with Crippen molar-refractivity contribution in [1.29, 1.82) is 0 Å². The maximum atomic E-state index is 10.2. The second kappa shape index (κ2) is 4.21. The summed E-state index contributed by atoms with van der Waals surface area (Å²) >= 11 is 3.30. The lowest BCUT2D eigenvalue weighted by Gasteiger charge is -2.02. The van der Waals surface area contributed by atoms with E-state index < -0.39 is 0 Å². The van der Waals surface area contributed by atoms with Crippen molar-refractivity contribution in [3.63, 3.8) is 0 Å². The van der Waals surface area contributed by atoms with Crippen LogP contribution in [0.3, 0.4) is 0 Å². The molecule has 1 heterocycles. The predicted octanol–water partition coefficient (Wildman–Crippen LogP) is 2.60. The van der Waals surface area contributed by atoms with Gasteiger partial charge in [-0.25, -0.2) is 9.48 Å². The fraction of sp³-hybridized carbons (Fsp3) is 0. The number of benzene rings is 1. The molecule has 0 bridgehead atoms. The SMILES string of the molecule is O=C=Nc1ccccc1-n1cc(Br)cn1. The molecule has 5 heteroatoms. The lowest BCUT2D eigenvalue weighted by atomic mass is 10.3. The van der Waals surface area contributed by atoms with Gasteiger partial charge in [0.2, 0.25) is 6.08 Å². The summed E-state index contributed by atoms with van der Waals surface area (Å²) in [5, 5.41) is 4.11. The first-order valence-corrected chi connectivity index (χ1v) is 4.98. The van der Waals surface area contributed by atoms with Crippen LogP contribution in [-0.4, -0.2) is 15.9 Å². The fourth-order valence-electron chi connectivity index (χ4n) is 1.23. The Balaban J connectivity index is 2.56. The number of hydrogen-bond acceptors (Lipinski definition) is 3. The summed E-state index contributed by atoms with van der Waals surface area (Å²) in [4.78, 5) is 13.8. The van der Waals surface area contributed by atoms with Crippen LogP contribution in [0, 0.1) is 0 Å². The molecule has 0 radical (unpaired) electrons. The van der Waals surface area contributed by atoms with E-state index in [2.05, 4.69) is 26.0 Å². The summed E-state index contributed by atoms with van der Waals surface area (Å²) < 4.78 is 2.51. The minimum absolute atomic E-state index is 0.545. The molecule has 2 aromatic rings. The van der Waals surface area contributed by atoms with Crippen LogP contribution in [0.1, 0.15) is 0 Å². The minimum atomic E-state index is 0.545. The molecule has 4 nitrogen and oxygen atoms in total. The third-order valence-electron chi connectivity index (χ3n) is 1.85. The number of isocyanates is 1. The number of nitrogens with zero attached hydrogens (tertiary/aromatic N) is 3. The second-order valence-corrected chi connectivity index (χ2v) is 3.71. The van der Waals surface area contributed by atoms with Crippen molar-refractivity contribution in [3.8, 4) is 5.69 Å². The molecule has 15 heavy (non-hydrogen) atoms. The van der Waals surface area contributed by atoms with Gasteiger partial charge in [0.25, 0.3) is 0 Å².